The van der Waals surface area contributed by atoms with Gasteiger partial charge in [0.2, 0.25) is 0 Å². The Morgan fingerprint density at radius 3 is 2.81 bits per heavy atom. The molecule has 0 aliphatic rings. The van der Waals surface area contributed by atoms with Gasteiger partial charge in [-0.1, -0.05) is 19.4 Å². The van der Waals surface area contributed by atoms with Crippen molar-refractivity contribution in [3.8, 4) is 0 Å². The summed E-state index contributed by atoms with van der Waals surface area (Å²) in [6, 6.07) is 5.92. The fourth-order valence-electron chi connectivity index (χ4n) is 2.38. The van der Waals surface area contributed by atoms with Gasteiger partial charge in [0.05, 0.1) is 5.52 Å². The Morgan fingerprint density at radius 1 is 1.38 bits per heavy atom. The molecule has 0 saturated carbocycles. The van der Waals surface area contributed by atoms with Crippen LogP contribution in [-0.2, 0) is 18.3 Å². The molecule has 1 aromatic heterocycles. The number of hydrogen-bond donors (Lipinski definition) is 1. The zero-order valence-corrected chi connectivity index (χ0v) is 12.3. The third-order valence-corrected chi connectivity index (χ3v) is 3.50. The van der Waals surface area contributed by atoms with E-state index in [2.05, 4.69) is 6.92 Å². The smallest absolute Gasteiger partial charge is 0.328 e. The number of aryl methyl sites for hydroxylation is 2. The van der Waals surface area contributed by atoms with E-state index >= 15 is 0 Å². The molecule has 1 aromatic carbocycles. The van der Waals surface area contributed by atoms with E-state index in [9.17, 15) is 9.59 Å². The number of fused-ring (bicyclic) bond motifs is 1. The van der Waals surface area contributed by atoms with Crippen LogP contribution in [0, 0.1) is 0 Å². The molecule has 0 aliphatic heterocycles. The number of nitrogens with zero attached hydrogens (tertiary/aromatic N) is 1. The van der Waals surface area contributed by atoms with Crippen molar-refractivity contribution in [3.63, 3.8) is 0 Å². The van der Waals surface area contributed by atoms with Crippen LogP contribution in [0.1, 0.15) is 30.9 Å². The first kappa shape index (κ1) is 15.0. The Balaban J connectivity index is 2.57. The van der Waals surface area contributed by atoms with Gasteiger partial charge in [-0.3, -0.25) is 4.79 Å². The molecule has 21 heavy (non-hydrogen) atoms. The van der Waals surface area contributed by atoms with Gasteiger partial charge < -0.3 is 9.67 Å². The van der Waals surface area contributed by atoms with Crippen molar-refractivity contribution < 1.29 is 9.90 Å². The van der Waals surface area contributed by atoms with Gasteiger partial charge in [0.1, 0.15) is 0 Å². The van der Waals surface area contributed by atoms with Crippen molar-refractivity contribution in [2.24, 2.45) is 7.05 Å². The second-order valence-corrected chi connectivity index (χ2v) is 5.15. The molecule has 2 rings (SSSR count). The minimum Gasteiger partial charge on any atom is -0.478 e. The van der Waals surface area contributed by atoms with Crippen LogP contribution in [0.2, 0.25) is 0 Å². The Kier molecular flexibility index (Phi) is 4.58. The maximum atomic E-state index is 12.5. The summed E-state index contributed by atoms with van der Waals surface area (Å²) in [5.41, 5.74) is 2.26. The lowest BCUT2D eigenvalue weighted by atomic mass is 10.0. The summed E-state index contributed by atoms with van der Waals surface area (Å²) >= 11 is 0. The van der Waals surface area contributed by atoms with Crippen molar-refractivity contribution in [2.75, 3.05) is 0 Å². The van der Waals surface area contributed by atoms with Gasteiger partial charge in [-0.05, 0) is 36.6 Å². The van der Waals surface area contributed by atoms with Gasteiger partial charge in [-0.25, -0.2) is 4.79 Å². The minimum absolute atomic E-state index is 0.126. The number of aliphatic carboxylic acids is 1. The van der Waals surface area contributed by atoms with E-state index in [4.69, 9.17) is 5.11 Å². The number of pyridine rings is 1. The molecular weight excluding hydrogens is 266 g/mol. The Labute approximate surface area is 123 Å². The molecule has 0 fully saturated rings. The van der Waals surface area contributed by atoms with Crippen LogP contribution in [0.5, 0.6) is 0 Å². The number of carboxylic acids is 1. The van der Waals surface area contributed by atoms with Crippen molar-refractivity contribution in [1.82, 2.24) is 4.57 Å². The molecule has 0 saturated heterocycles. The van der Waals surface area contributed by atoms with Crippen LogP contribution in [-0.4, -0.2) is 15.6 Å². The average molecular weight is 285 g/mol. The minimum atomic E-state index is -1.06. The number of benzene rings is 1. The molecule has 110 valence electrons. The summed E-state index contributed by atoms with van der Waals surface area (Å²) in [7, 11) is 1.85. The number of aromatic nitrogens is 1. The fraction of sp³-hybridized carbons (Fsp3) is 0.294. The Bertz CT molecular complexity index is 756. The van der Waals surface area contributed by atoms with Gasteiger partial charge in [0.25, 0.3) is 0 Å². The molecular formula is C17H19NO3. The molecule has 1 N–H and O–H groups in total. The Hall–Kier alpha value is -2.36. The zero-order valence-electron chi connectivity index (χ0n) is 12.3. The summed E-state index contributed by atoms with van der Waals surface area (Å²) in [6.45, 7) is 2.13. The first-order valence-corrected chi connectivity index (χ1v) is 7.06. The molecule has 0 amide bonds. The SMILES string of the molecule is CCCCc1ccc2c(c1)c(=O)c(C=CC(=O)O)cn2C. The van der Waals surface area contributed by atoms with Gasteiger partial charge in [-0.15, -0.1) is 0 Å². The standard InChI is InChI=1S/C17H19NO3/c1-3-4-5-12-6-8-15-14(10-12)17(21)13(11-18(15)2)7-9-16(19)20/h6-11H,3-5H2,1-2H3,(H,19,20). The van der Waals surface area contributed by atoms with Gasteiger partial charge >= 0.3 is 5.97 Å². The number of hydrogen-bond acceptors (Lipinski definition) is 2. The molecule has 2 aromatic rings. The second kappa shape index (κ2) is 6.39. The van der Waals surface area contributed by atoms with E-state index in [0.717, 1.165) is 36.4 Å². The molecule has 4 heteroatoms. The first-order chi connectivity index (χ1) is 10.0. The predicted octanol–water partition coefficient (Wildman–Crippen LogP) is 2.98. The van der Waals surface area contributed by atoms with Crippen LogP contribution in [0.15, 0.2) is 35.3 Å². The van der Waals surface area contributed by atoms with E-state index in [-0.39, 0.29) is 5.43 Å². The van der Waals surface area contributed by atoms with Crippen LogP contribution in [0.4, 0.5) is 0 Å². The van der Waals surface area contributed by atoms with Crippen molar-refractivity contribution in [1.29, 1.82) is 0 Å². The molecule has 0 radical (unpaired) electrons. The van der Waals surface area contributed by atoms with Crippen molar-refractivity contribution in [2.45, 2.75) is 26.2 Å². The van der Waals surface area contributed by atoms with Crippen molar-refractivity contribution in [3.05, 3.63) is 51.8 Å². The highest BCUT2D eigenvalue weighted by Crippen LogP contribution is 2.15. The van der Waals surface area contributed by atoms with Gasteiger partial charge in [0.15, 0.2) is 5.43 Å². The topological polar surface area (TPSA) is 59.3 Å². The fourth-order valence-corrected chi connectivity index (χ4v) is 2.38. The summed E-state index contributed by atoms with van der Waals surface area (Å²) in [4.78, 5) is 23.1. The molecule has 0 atom stereocenters. The quantitative estimate of drug-likeness (QED) is 0.859. The van der Waals surface area contributed by atoms with E-state index in [0.29, 0.717) is 10.9 Å². The van der Waals surface area contributed by atoms with E-state index in [1.165, 1.54) is 6.08 Å². The summed E-state index contributed by atoms with van der Waals surface area (Å²) in [6.07, 6.45) is 7.15. The van der Waals surface area contributed by atoms with Crippen LogP contribution < -0.4 is 5.43 Å². The van der Waals surface area contributed by atoms with E-state index in [1.54, 1.807) is 6.20 Å². The molecule has 4 nitrogen and oxygen atoms in total. The monoisotopic (exact) mass is 285 g/mol. The van der Waals surface area contributed by atoms with Crippen LogP contribution in [0.25, 0.3) is 17.0 Å². The van der Waals surface area contributed by atoms with Gasteiger partial charge in [0, 0.05) is 30.3 Å². The van der Waals surface area contributed by atoms with E-state index in [1.807, 2.05) is 29.8 Å². The lowest BCUT2D eigenvalue weighted by Crippen LogP contribution is -2.11. The average Bonchev–Trinajstić information content (AvgIpc) is 2.47. The highest BCUT2D eigenvalue weighted by atomic mass is 16.4. The Morgan fingerprint density at radius 2 is 2.14 bits per heavy atom. The van der Waals surface area contributed by atoms with Crippen molar-refractivity contribution >= 4 is 22.9 Å². The number of carboxylic acid groups (broad SMARTS) is 1. The highest BCUT2D eigenvalue weighted by molar-refractivity contribution is 5.87. The van der Waals surface area contributed by atoms with Crippen LogP contribution in [0.3, 0.4) is 0 Å². The molecule has 0 spiro atoms. The molecule has 0 unspecified atom stereocenters. The van der Waals surface area contributed by atoms with E-state index < -0.39 is 5.97 Å². The number of unbranched alkanes of at least 4 members (excludes halogenated alkanes) is 1. The molecule has 1 heterocycles. The largest absolute Gasteiger partial charge is 0.478 e. The number of carbonyl (C=O) groups is 1. The highest BCUT2D eigenvalue weighted by Gasteiger charge is 2.07. The first-order valence-electron chi connectivity index (χ1n) is 7.06. The molecule has 0 bridgehead atoms. The lowest BCUT2D eigenvalue weighted by Gasteiger charge is -2.09. The third kappa shape index (κ3) is 3.40. The third-order valence-electron chi connectivity index (χ3n) is 3.50. The summed E-state index contributed by atoms with van der Waals surface area (Å²) in [5.74, 6) is -1.06. The summed E-state index contributed by atoms with van der Waals surface area (Å²) < 4.78 is 1.85. The molecule has 0 aliphatic carbocycles. The van der Waals surface area contributed by atoms with Crippen LogP contribution >= 0.6 is 0 Å². The summed E-state index contributed by atoms with van der Waals surface area (Å²) in [5, 5.41) is 9.33. The maximum absolute atomic E-state index is 12.5. The lowest BCUT2D eigenvalue weighted by molar-refractivity contribution is -0.131. The maximum Gasteiger partial charge on any atom is 0.328 e. The van der Waals surface area contributed by atoms with Gasteiger partial charge in [-0.2, -0.15) is 0 Å². The normalized spacial score (nSPS) is 11.3. The second-order valence-electron chi connectivity index (χ2n) is 5.15. The zero-order chi connectivity index (χ0) is 15.4. The predicted molar refractivity (Wildman–Crippen MR) is 84.5 cm³/mol. The number of rotatable bonds is 5.